The number of nitrogens with zero attached hydrogens (tertiary/aromatic N) is 2. The van der Waals surface area contributed by atoms with Crippen molar-refractivity contribution < 1.29 is 4.79 Å². The molecule has 1 aliphatic heterocycles. The van der Waals surface area contributed by atoms with Gasteiger partial charge in [-0.2, -0.15) is 0 Å². The first-order valence-corrected chi connectivity index (χ1v) is 7.44. The summed E-state index contributed by atoms with van der Waals surface area (Å²) in [4.78, 5) is 18.2. The smallest absolute Gasteiger partial charge is 0.315 e. The van der Waals surface area contributed by atoms with E-state index in [1.807, 2.05) is 12.1 Å². The van der Waals surface area contributed by atoms with Gasteiger partial charge in [0.2, 0.25) is 0 Å². The van der Waals surface area contributed by atoms with Crippen LogP contribution in [0.4, 0.5) is 4.79 Å². The van der Waals surface area contributed by atoms with Crippen molar-refractivity contribution in [3.63, 3.8) is 0 Å². The Morgan fingerprint density at radius 3 is 2.90 bits per heavy atom. The number of nitrogens with one attached hydrogen (secondary N) is 2. The van der Waals surface area contributed by atoms with Crippen LogP contribution in [0.5, 0.6) is 0 Å². The maximum absolute atomic E-state index is 11.8. The molecule has 20 heavy (non-hydrogen) atoms. The number of urea groups is 1. The van der Waals surface area contributed by atoms with E-state index in [0.29, 0.717) is 12.6 Å². The van der Waals surface area contributed by atoms with Gasteiger partial charge < -0.3 is 10.6 Å². The number of likely N-dealkylation sites (N-methyl/N-ethyl adjacent to an activating group) is 1. The molecule has 0 radical (unpaired) electrons. The Hall–Kier alpha value is -1.62. The predicted molar refractivity (Wildman–Crippen MR) is 79.4 cm³/mol. The second-order valence-corrected chi connectivity index (χ2v) is 5.20. The maximum Gasteiger partial charge on any atom is 0.315 e. The summed E-state index contributed by atoms with van der Waals surface area (Å²) in [5.41, 5.74) is 1.06. The van der Waals surface area contributed by atoms with Crippen LogP contribution in [0.25, 0.3) is 0 Å². The first-order chi connectivity index (χ1) is 9.79. The van der Waals surface area contributed by atoms with Gasteiger partial charge in [-0.05, 0) is 43.6 Å². The molecule has 2 heterocycles. The van der Waals surface area contributed by atoms with E-state index in [2.05, 4.69) is 27.4 Å². The van der Waals surface area contributed by atoms with Crippen LogP contribution in [-0.4, -0.2) is 41.6 Å². The van der Waals surface area contributed by atoms with Crippen molar-refractivity contribution in [3.8, 4) is 0 Å². The van der Waals surface area contributed by atoms with Crippen LogP contribution in [0.3, 0.4) is 0 Å². The number of pyridine rings is 1. The molecule has 2 N–H and O–H groups in total. The van der Waals surface area contributed by atoms with Crippen LogP contribution < -0.4 is 10.6 Å². The molecule has 0 bridgehead atoms. The van der Waals surface area contributed by atoms with Gasteiger partial charge in [-0.3, -0.25) is 9.88 Å². The SMILES string of the molecule is CCN1CCCC[C@H]1CNC(=O)NCc1ccncc1. The van der Waals surface area contributed by atoms with E-state index in [9.17, 15) is 4.79 Å². The fourth-order valence-electron chi connectivity index (χ4n) is 2.66. The van der Waals surface area contributed by atoms with Gasteiger partial charge in [-0.1, -0.05) is 13.3 Å². The molecule has 1 fully saturated rings. The van der Waals surface area contributed by atoms with Crippen molar-refractivity contribution in [3.05, 3.63) is 30.1 Å². The number of piperidine rings is 1. The molecule has 5 nitrogen and oxygen atoms in total. The number of carbonyl (C=O) groups is 1. The molecule has 1 aliphatic rings. The summed E-state index contributed by atoms with van der Waals surface area (Å²) in [5, 5.41) is 5.85. The number of amides is 2. The normalized spacial score (nSPS) is 19.6. The van der Waals surface area contributed by atoms with Crippen LogP contribution in [0.2, 0.25) is 0 Å². The van der Waals surface area contributed by atoms with Gasteiger partial charge in [-0.15, -0.1) is 0 Å². The number of likely N-dealkylation sites (tertiary alicyclic amines) is 1. The number of rotatable bonds is 5. The molecule has 1 aromatic rings. The minimum atomic E-state index is -0.0940. The van der Waals surface area contributed by atoms with Gasteiger partial charge >= 0.3 is 6.03 Å². The van der Waals surface area contributed by atoms with Crippen LogP contribution in [0.15, 0.2) is 24.5 Å². The molecule has 1 atom stereocenters. The van der Waals surface area contributed by atoms with Crippen LogP contribution in [0.1, 0.15) is 31.7 Å². The first-order valence-electron chi connectivity index (χ1n) is 7.44. The summed E-state index contributed by atoms with van der Waals surface area (Å²) >= 11 is 0. The van der Waals surface area contributed by atoms with Crippen molar-refractivity contribution in [2.24, 2.45) is 0 Å². The molecule has 2 amide bonds. The molecule has 1 saturated heterocycles. The monoisotopic (exact) mass is 276 g/mol. The zero-order valence-corrected chi connectivity index (χ0v) is 12.1. The van der Waals surface area contributed by atoms with E-state index < -0.39 is 0 Å². The van der Waals surface area contributed by atoms with E-state index in [4.69, 9.17) is 0 Å². The van der Waals surface area contributed by atoms with Crippen molar-refractivity contribution in [1.82, 2.24) is 20.5 Å². The summed E-state index contributed by atoms with van der Waals surface area (Å²) in [7, 11) is 0. The Morgan fingerprint density at radius 2 is 2.15 bits per heavy atom. The third-order valence-corrected chi connectivity index (χ3v) is 3.86. The van der Waals surface area contributed by atoms with E-state index in [-0.39, 0.29) is 6.03 Å². The van der Waals surface area contributed by atoms with Gasteiger partial charge in [0.25, 0.3) is 0 Å². The Balaban J connectivity index is 1.69. The highest BCUT2D eigenvalue weighted by molar-refractivity contribution is 5.73. The molecule has 5 heteroatoms. The molecular weight excluding hydrogens is 252 g/mol. The number of aromatic nitrogens is 1. The summed E-state index contributed by atoms with van der Waals surface area (Å²) in [6.07, 6.45) is 7.19. The average molecular weight is 276 g/mol. The number of hydrogen-bond donors (Lipinski definition) is 2. The second-order valence-electron chi connectivity index (χ2n) is 5.20. The molecular formula is C15H24N4O. The molecule has 110 valence electrons. The fourth-order valence-corrected chi connectivity index (χ4v) is 2.66. The highest BCUT2D eigenvalue weighted by Gasteiger charge is 2.20. The number of carbonyl (C=O) groups excluding carboxylic acids is 1. The van der Waals surface area contributed by atoms with E-state index >= 15 is 0 Å². The van der Waals surface area contributed by atoms with Crippen LogP contribution in [-0.2, 0) is 6.54 Å². The summed E-state index contributed by atoms with van der Waals surface area (Å²) in [6.45, 7) is 5.67. The largest absolute Gasteiger partial charge is 0.337 e. The lowest BCUT2D eigenvalue weighted by Crippen LogP contribution is -2.48. The minimum Gasteiger partial charge on any atom is -0.337 e. The Morgan fingerprint density at radius 1 is 1.35 bits per heavy atom. The lowest BCUT2D eigenvalue weighted by molar-refractivity contribution is 0.153. The summed E-state index contributed by atoms with van der Waals surface area (Å²) in [5.74, 6) is 0. The summed E-state index contributed by atoms with van der Waals surface area (Å²) in [6, 6.07) is 4.20. The van der Waals surface area contributed by atoms with Crippen LogP contribution >= 0.6 is 0 Å². The van der Waals surface area contributed by atoms with Gasteiger partial charge in [0.1, 0.15) is 0 Å². The van der Waals surface area contributed by atoms with Gasteiger partial charge in [-0.25, -0.2) is 4.79 Å². The molecule has 0 unspecified atom stereocenters. The molecule has 2 rings (SSSR count). The third kappa shape index (κ3) is 4.49. The Labute approximate surface area is 120 Å². The van der Waals surface area contributed by atoms with Crippen molar-refractivity contribution in [2.75, 3.05) is 19.6 Å². The zero-order chi connectivity index (χ0) is 14.2. The lowest BCUT2D eigenvalue weighted by atomic mass is 10.0. The van der Waals surface area contributed by atoms with Crippen LogP contribution in [0, 0.1) is 0 Å². The first kappa shape index (κ1) is 14.8. The van der Waals surface area contributed by atoms with E-state index in [1.165, 1.54) is 19.3 Å². The van der Waals surface area contributed by atoms with E-state index in [1.54, 1.807) is 12.4 Å². The molecule has 0 spiro atoms. The molecule has 1 aromatic heterocycles. The molecule has 0 saturated carbocycles. The van der Waals surface area contributed by atoms with Crippen molar-refractivity contribution in [2.45, 2.75) is 38.8 Å². The second kappa shape index (κ2) is 7.85. The van der Waals surface area contributed by atoms with E-state index in [0.717, 1.165) is 25.2 Å². The Bertz CT molecular complexity index is 410. The maximum atomic E-state index is 11.8. The Kier molecular flexibility index (Phi) is 5.80. The third-order valence-electron chi connectivity index (χ3n) is 3.86. The van der Waals surface area contributed by atoms with Gasteiger partial charge in [0.15, 0.2) is 0 Å². The van der Waals surface area contributed by atoms with Crippen molar-refractivity contribution in [1.29, 1.82) is 0 Å². The molecule has 0 aliphatic carbocycles. The lowest BCUT2D eigenvalue weighted by Gasteiger charge is -2.34. The topological polar surface area (TPSA) is 57.3 Å². The zero-order valence-electron chi connectivity index (χ0n) is 12.1. The highest BCUT2D eigenvalue weighted by Crippen LogP contribution is 2.15. The average Bonchev–Trinajstić information content (AvgIpc) is 2.52. The number of hydrogen-bond acceptors (Lipinski definition) is 3. The van der Waals surface area contributed by atoms with Gasteiger partial charge in [0.05, 0.1) is 0 Å². The highest BCUT2D eigenvalue weighted by atomic mass is 16.2. The standard InChI is InChI=1S/C15H24N4O/c1-2-19-10-4-3-5-14(19)12-18-15(20)17-11-13-6-8-16-9-7-13/h6-9,14H,2-5,10-12H2,1H3,(H2,17,18,20)/t14-/m0/s1. The minimum absolute atomic E-state index is 0.0940. The van der Waals surface area contributed by atoms with Crippen molar-refractivity contribution >= 4 is 6.03 Å². The predicted octanol–water partition coefficient (Wildman–Crippen LogP) is 1.76. The molecule has 0 aromatic carbocycles. The fraction of sp³-hybridized carbons (Fsp3) is 0.600. The quantitative estimate of drug-likeness (QED) is 0.861. The summed E-state index contributed by atoms with van der Waals surface area (Å²) < 4.78 is 0. The van der Waals surface area contributed by atoms with Gasteiger partial charge in [0, 0.05) is 31.5 Å².